The van der Waals surface area contributed by atoms with Crippen molar-refractivity contribution in [2.45, 2.75) is 13.8 Å². The molecule has 0 N–H and O–H groups in total. The molecule has 0 unspecified atom stereocenters. The zero-order chi connectivity index (χ0) is 14.3. The minimum atomic E-state index is -2.42. The highest BCUT2D eigenvalue weighted by Gasteiger charge is 2.45. The largest absolute Gasteiger partial charge is 0.497 e. The lowest BCUT2D eigenvalue weighted by Gasteiger charge is -2.21. The summed E-state index contributed by atoms with van der Waals surface area (Å²) in [5.74, 6) is 1.54. The lowest BCUT2D eigenvalue weighted by molar-refractivity contribution is 0.255. The van der Waals surface area contributed by atoms with Gasteiger partial charge in [-0.05, 0) is 38.1 Å². The second-order valence-electron chi connectivity index (χ2n) is 4.15. The Morgan fingerprint density at radius 1 is 0.750 bits per heavy atom. The lowest BCUT2D eigenvalue weighted by atomic mass is 10.3. The van der Waals surface area contributed by atoms with E-state index in [-0.39, 0.29) is 0 Å². The number of benzene rings is 2. The van der Waals surface area contributed by atoms with Gasteiger partial charge in [-0.2, -0.15) is 4.52 Å². The van der Waals surface area contributed by atoms with Gasteiger partial charge in [-0.25, -0.2) is 0 Å². The average Bonchev–Trinajstić information content (AvgIpc) is 2.49. The second-order valence-corrected chi connectivity index (χ2v) is 6.63. The fourth-order valence-corrected chi connectivity index (χ4v) is 3.64. The molecule has 0 heterocycles. The Morgan fingerprint density at radius 2 is 1.20 bits per heavy atom. The van der Waals surface area contributed by atoms with Crippen LogP contribution >= 0.6 is 7.94 Å². The van der Waals surface area contributed by atoms with E-state index in [9.17, 15) is 0 Å². The molecule has 2 aromatic carbocycles. The molecule has 0 radical (unpaired) electrons. The minimum absolute atomic E-state index is 0.557. The Kier molecular flexibility index (Phi) is 5.40. The SMILES string of the molecule is CCO[P+](CC)(Oc1ccccc1)Oc1ccccc1. The Bertz CT molecular complexity index is 460. The third-order valence-electron chi connectivity index (χ3n) is 2.69. The van der Waals surface area contributed by atoms with Crippen LogP contribution in [0.5, 0.6) is 11.5 Å². The van der Waals surface area contributed by atoms with Crippen molar-refractivity contribution >= 4 is 7.94 Å². The summed E-state index contributed by atoms with van der Waals surface area (Å²) in [5, 5.41) is 0. The monoisotopic (exact) mass is 291 g/mol. The van der Waals surface area contributed by atoms with E-state index in [0.29, 0.717) is 12.8 Å². The van der Waals surface area contributed by atoms with Crippen LogP contribution in [-0.4, -0.2) is 12.8 Å². The Balaban J connectivity index is 2.20. The van der Waals surface area contributed by atoms with Gasteiger partial charge in [-0.15, -0.1) is 0 Å². The molecule has 0 amide bonds. The van der Waals surface area contributed by atoms with E-state index in [2.05, 4.69) is 0 Å². The molecular weight excluding hydrogens is 271 g/mol. The highest BCUT2D eigenvalue weighted by molar-refractivity contribution is 7.62. The van der Waals surface area contributed by atoms with Gasteiger partial charge >= 0.3 is 7.94 Å². The van der Waals surface area contributed by atoms with Gasteiger partial charge in [0.1, 0.15) is 0 Å². The van der Waals surface area contributed by atoms with Crippen LogP contribution in [0.25, 0.3) is 0 Å². The van der Waals surface area contributed by atoms with Gasteiger partial charge in [0.05, 0.1) is 6.61 Å². The summed E-state index contributed by atoms with van der Waals surface area (Å²) in [6, 6.07) is 19.3. The molecule has 2 rings (SSSR count). The van der Waals surface area contributed by atoms with Crippen LogP contribution in [0.4, 0.5) is 0 Å². The van der Waals surface area contributed by atoms with E-state index in [1.807, 2.05) is 74.5 Å². The first-order valence-corrected chi connectivity index (χ1v) is 8.52. The van der Waals surface area contributed by atoms with Crippen molar-refractivity contribution in [3.8, 4) is 11.5 Å². The van der Waals surface area contributed by atoms with Gasteiger partial charge in [0.2, 0.25) is 0 Å². The van der Waals surface area contributed by atoms with Crippen molar-refractivity contribution in [3.63, 3.8) is 0 Å². The number of para-hydroxylation sites is 2. The maximum atomic E-state index is 6.06. The molecule has 3 nitrogen and oxygen atoms in total. The molecule has 0 saturated carbocycles. The van der Waals surface area contributed by atoms with Gasteiger partial charge in [0, 0.05) is 0 Å². The zero-order valence-electron chi connectivity index (χ0n) is 11.9. The van der Waals surface area contributed by atoms with E-state index in [0.717, 1.165) is 11.5 Å². The van der Waals surface area contributed by atoms with E-state index in [1.54, 1.807) is 0 Å². The molecule has 0 aliphatic rings. The van der Waals surface area contributed by atoms with E-state index < -0.39 is 7.94 Å². The quantitative estimate of drug-likeness (QED) is 0.674. The maximum Gasteiger partial charge on any atom is 0.497 e. The first-order chi connectivity index (χ1) is 9.78. The minimum Gasteiger partial charge on any atom is -0.278 e. The summed E-state index contributed by atoms with van der Waals surface area (Å²) in [7, 11) is -2.42. The number of rotatable bonds is 7. The van der Waals surface area contributed by atoms with E-state index in [1.165, 1.54) is 0 Å². The van der Waals surface area contributed by atoms with Crippen molar-refractivity contribution in [2.75, 3.05) is 12.8 Å². The predicted molar refractivity (Wildman–Crippen MR) is 83.2 cm³/mol. The van der Waals surface area contributed by atoms with Crippen molar-refractivity contribution < 1.29 is 13.6 Å². The topological polar surface area (TPSA) is 27.7 Å². The van der Waals surface area contributed by atoms with Crippen LogP contribution in [0, 0.1) is 0 Å². The Hall–Kier alpha value is -1.57. The first kappa shape index (κ1) is 14.8. The molecule has 0 fully saturated rings. The van der Waals surface area contributed by atoms with Crippen molar-refractivity contribution in [1.29, 1.82) is 0 Å². The summed E-state index contributed by atoms with van der Waals surface area (Å²) in [5.41, 5.74) is 0. The van der Waals surface area contributed by atoms with Gasteiger partial charge in [0.25, 0.3) is 0 Å². The number of hydrogen-bond acceptors (Lipinski definition) is 3. The third kappa shape index (κ3) is 3.96. The summed E-state index contributed by atoms with van der Waals surface area (Å²) >= 11 is 0. The molecule has 106 valence electrons. The van der Waals surface area contributed by atoms with Gasteiger partial charge in [0.15, 0.2) is 17.7 Å². The van der Waals surface area contributed by atoms with Crippen molar-refractivity contribution in [2.24, 2.45) is 0 Å². The average molecular weight is 291 g/mol. The summed E-state index contributed by atoms with van der Waals surface area (Å²) in [6.45, 7) is 4.53. The third-order valence-corrected chi connectivity index (χ3v) is 5.09. The van der Waals surface area contributed by atoms with Crippen LogP contribution in [-0.2, 0) is 4.52 Å². The van der Waals surface area contributed by atoms with Crippen LogP contribution in [0.1, 0.15) is 13.8 Å². The fraction of sp³-hybridized carbons (Fsp3) is 0.250. The Morgan fingerprint density at radius 3 is 1.55 bits per heavy atom. The molecular formula is C16H20O3P+. The smallest absolute Gasteiger partial charge is 0.278 e. The van der Waals surface area contributed by atoms with Gasteiger partial charge in [-0.3, -0.25) is 9.05 Å². The van der Waals surface area contributed by atoms with Crippen molar-refractivity contribution in [1.82, 2.24) is 0 Å². The fourth-order valence-electron chi connectivity index (χ4n) is 1.77. The van der Waals surface area contributed by atoms with E-state index >= 15 is 0 Å². The van der Waals surface area contributed by atoms with Crippen LogP contribution < -0.4 is 9.05 Å². The van der Waals surface area contributed by atoms with Gasteiger partial charge in [-0.1, -0.05) is 36.4 Å². The second kappa shape index (κ2) is 7.28. The lowest BCUT2D eigenvalue weighted by Crippen LogP contribution is -2.14. The van der Waals surface area contributed by atoms with Crippen LogP contribution in [0.15, 0.2) is 60.7 Å². The summed E-state index contributed by atoms with van der Waals surface area (Å²) < 4.78 is 18.0. The molecule has 0 saturated heterocycles. The van der Waals surface area contributed by atoms with E-state index in [4.69, 9.17) is 13.6 Å². The summed E-state index contributed by atoms with van der Waals surface area (Å²) in [6.07, 6.45) is 0.685. The highest BCUT2D eigenvalue weighted by atomic mass is 31.2. The molecule has 2 aromatic rings. The molecule has 0 atom stereocenters. The Labute approximate surface area is 121 Å². The molecule has 0 spiro atoms. The standard InChI is InChI=1S/C16H20O3P/c1-3-17-20(4-2,18-15-11-7-5-8-12-15)19-16-13-9-6-10-14-16/h5-14H,3-4H2,1-2H3/q+1. The molecule has 0 aliphatic heterocycles. The zero-order valence-corrected chi connectivity index (χ0v) is 12.8. The molecule has 20 heavy (non-hydrogen) atoms. The molecule has 0 aliphatic carbocycles. The molecule has 0 bridgehead atoms. The highest BCUT2D eigenvalue weighted by Crippen LogP contribution is 2.60. The predicted octanol–water partition coefficient (Wildman–Crippen LogP) is 4.96. The van der Waals surface area contributed by atoms with Crippen molar-refractivity contribution in [3.05, 3.63) is 60.7 Å². The summed E-state index contributed by atoms with van der Waals surface area (Å²) in [4.78, 5) is 0. The number of hydrogen-bond donors (Lipinski definition) is 0. The first-order valence-electron chi connectivity index (χ1n) is 6.80. The normalized spacial score (nSPS) is 11.1. The van der Waals surface area contributed by atoms with Crippen LogP contribution in [0.2, 0.25) is 0 Å². The maximum absolute atomic E-state index is 6.06. The molecule has 4 heteroatoms. The molecule has 0 aromatic heterocycles. The van der Waals surface area contributed by atoms with Crippen LogP contribution in [0.3, 0.4) is 0 Å². The van der Waals surface area contributed by atoms with Gasteiger partial charge < -0.3 is 0 Å².